The highest BCUT2D eigenvalue weighted by atomic mass is 31.1. The quantitative estimate of drug-likeness (QED) is 0.416. The minimum absolute atomic E-state index is 0.0646. The van der Waals surface area contributed by atoms with Gasteiger partial charge in [-0.3, -0.25) is 0 Å². The van der Waals surface area contributed by atoms with E-state index in [9.17, 15) is 17.6 Å². The Labute approximate surface area is 169 Å². The van der Waals surface area contributed by atoms with Gasteiger partial charge in [0.05, 0.1) is 11.3 Å². The van der Waals surface area contributed by atoms with Gasteiger partial charge in [0, 0.05) is 10.8 Å². The molecule has 152 valence electrons. The van der Waals surface area contributed by atoms with Crippen LogP contribution in [-0.4, -0.2) is 5.54 Å². The van der Waals surface area contributed by atoms with E-state index in [0.29, 0.717) is 11.4 Å². The summed E-state index contributed by atoms with van der Waals surface area (Å²) in [6, 6.07) is 20.4. The van der Waals surface area contributed by atoms with Crippen molar-refractivity contribution in [1.82, 2.24) is 0 Å². The average Bonchev–Trinajstić information content (AvgIpc) is 2.64. The molecule has 0 atom stereocenters. The zero-order valence-electron chi connectivity index (χ0n) is 16.4. The van der Waals surface area contributed by atoms with Crippen molar-refractivity contribution in [2.75, 3.05) is 5.32 Å². The van der Waals surface area contributed by atoms with Crippen molar-refractivity contribution in [2.24, 2.45) is 0 Å². The van der Waals surface area contributed by atoms with Gasteiger partial charge in [-0.2, -0.15) is 13.2 Å². The molecule has 0 unspecified atom stereocenters. The predicted octanol–water partition coefficient (Wildman–Crippen LogP) is 5.81. The molecule has 0 amide bonds. The Kier molecular flexibility index (Phi) is 6.00. The first kappa shape index (κ1) is 21.3. The minimum Gasteiger partial charge on any atom is -0.379 e. The van der Waals surface area contributed by atoms with E-state index in [1.165, 1.54) is 6.07 Å². The van der Waals surface area contributed by atoms with Crippen molar-refractivity contribution in [1.29, 1.82) is 0 Å². The summed E-state index contributed by atoms with van der Waals surface area (Å²) in [4.78, 5) is 0. The first-order valence-corrected chi connectivity index (χ1v) is 10.5. The number of benzene rings is 3. The highest BCUT2D eigenvalue weighted by Gasteiger charge is 2.37. The van der Waals surface area contributed by atoms with Crippen LogP contribution < -0.4 is 21.2 Å². The molecular formula is C23H22F4NP. The van der Waals surface area contributed by atoms with Crippen molar-refractivity contribution in [3.63, 3.8) is 0 Å². The Hall–Kier alpha value is -2.39. The SMILES string of the molecule is CC(C)(C)Nc1c(P(c2ccccc2)c2ccccc2)cc(F)cc1C(F)(F)F. The third-order valence-electron chi connectivity index (χ3n) is 4.16. The molecule has 29 heavy (non-hydrogen) atoms. The molecule has 0 saturated heterocycles. The number of alkyl halides is 3. The normalized spacial score (nSPS) is 12.3. The Morgan fingerprint density at radius 1 is 0.759 bits per heavy atom. The molecule has 0 radical (unpaired) electrons. The van der Waals surface area contributed by atoms with Crippen LogP contribution in [0.2, 0.25) is 0 Å². The van der Waals surface area contributed by atoms with Gasteiger partial charge in [-0.15, -0.1) is 0 Å². The standard InChI is InChI=1S/C23H22F4NP/c1-22(2,3)28-21-19(23(25,26)27)14-16(24)15-20(21)29(17-10-6-4-7-11-17)18-12-8-5-9-13-18/h4-15,28H,1-3H3. The third kappa shape index (κ3) is 5.16. The summed E-state index contributed by atoms with van der Waals surface area (Å²) in [5.74, 6) is -0.897. The van der Waals surface area contributed by atoms with E-state index in [0.717, 1.165) is 10.6 Å². The van der Waals surface area contributed by atoms with Crippen LogP contribution in [-0.2, 0) is 6.18 Å². The van der Waals surface area contributed by atoms with Crippen LogP contribution in [0, 0.1) is 5.82 Å². The molecule has 0 aliphatic heterocycles. The monoisotopic (exact) mass is 419 g/mol. The summed E-state index contributed by atoms with van der Waals surface area (Å²) >= 11 is 0. The van der Waals surface area contributed by atoms with Crippen LogP contribution in [0.3, 0.4) is 0 Å². The highest BCUT2D eigenvalue weighted by Crippen LogP contribution is 2.42. The maximum atomic E-state index is 14.4. The summed E-state index contributed by atoms with van der Waals surface area (Å²) in [5, 5.41) is 5.02. The minimum atomic E-state index is -4.68. The zero-order chi connectivity index (χ0) is 21.2. The Morgan fingerprint density at radius 2 is 1.24 bits per heavy atom. The largest absolute Gasteiger partial charge is 0.418 e. The van der Waals surface area contributed by atoms with E-state index in [1.807, 2.05) is 60.7 Å². The lowest BCUT2D eigenvalue weighted by atomic mass is 10.1. The Balaban J connectivity index is 2.34. The van der Waals surface area contributed by atoms with Gasteiger partial charge in [0.2, 0.25) is 0 Å². The molecule has 0 aliphatic carbocycles. The molecule has 0 heterocycles. The number of hydrogen-bond acceptors (Lipinski definition) is 1. The number of hydrogen-bond donors (Lipinski definition) is 1. The molecule has 3 aromatic rings. The van der Waals surface area contributed by atoms with Crippen molar-refractivity contribution >= 4 is 29.5 Å². The summed E-state index contributed by atoms with van der Waals surface area (Å²) in [7, 11) is -1.40. The van der Waals surface area contributed by atoms with E-state index in [2.05, 4.69) is 5.32 Å². The van der Waals surface area contributed by atoms with Gasteiger partial charge in [0.1, 0.15) is 5.82 Å². The van der Waals surface area contributed by atoms with E-state index >= 15 is 0 Å². The van der Waals surface area contributed by atoms with E-state index < -0.39 is 31.0 Å². The summed E-state index contributed by atoms with van der Waals surface area (Å²) in [6.45, 7) is 5.36. The van der Waals surface area contributed by atoms with E-state index in [4.69, 9.17) is 0 Å². The fourth-order valence-corrected chi connectivity index (χ4v) is 5.53. The van der Waals surface area contributed by atoms with Crippen LogP contribution in [0.4, 0.5) is 23.2 Å². The highest BCUT2D eigenvalue weighted by molar-refractivity contribution is 7.80. The molecule has 0 bridgehead atoms. The topological polar surface area (TPSA) is 12.0 Å². The number of rotatable bonds is 4. The molecule has 0 aliphatic rings. The van der Waals surface area contributed by atoms with E-state index in [1.54, 1.807) is 20.8 Å². The van der Waals surface area contributed by atoms with Gasteiger partial charge in [-0.05, 0) is 51.4 Å². The van der Waals surface area contributed by atoms with Crippen LogP contribution in [0.25, 0.3) is 0 Å². The summed E-state index contributed by atoms with van der Waals surface area (Å²) in [5.41, 5.74) is -1.69. The number of halogens is 4. The Morgan fingerprint density at radius 3 is 1.66 bits per heavy atom. The molecule has 1 N–H and O–H groups in total. The van der Waals surface area contributed by atoms with E-state index in [-0.39, 0.29) is 5.69 Å². The van der Waals surface area contributed by atoms with Crippen LogP contribution in [0.15, 0.2) is 72.8 Å². The fourth-order valence-electron chi connectivity index (χ4n) is 3.08. The summed E-state index contributed by atoms with van der Waals surface area (Å²) < 4.78 is 56.0. The second kappa shape index (κ2) is 8.16. The van der Waals surface area contributed by atoms with Crippen LogP contribution >= 0.6 is 7.92 Å². The first-order chi connectivity index (χ1) is 13.6. The average molecular weight is 419 g/mol. The smallest absolute Gasteiger partial charge is 0.379 e. The van der Waals surface area contributed by atoms with Gasteiger partial charge in [-0.25, -0.2) is 4.39 Å². The molecule has 0 fully saturated rings. The van der Waals surface area contributed by atoms with Gasteiger partial charge in [0.15, 0.2) is 0 Å². The van der Waals surface area contributed by atoms with Gasteiger partial charge < -0.3 is 5.32 Å². The fraction of sp³-hybridized carbons (Fsp3) is 0.217. The second-order valence-corrected chi connectivity index (χ2v) is 9.91. The van der Waals surface area contributed by atoms with Crippen molar-refractivity contribution < 1.29 is 17.6 Å². The maximum Gasteiger partial charge on any atom is 0.418 e. The lowest BCUT2D eigenvalue weighted by molar-refractivity contribution is -0.137. The van der Waals surface area contributed by atoms with Gasteiger partial charge in [0.25, 0.3) is 0 Å². The van der Waals surface area contributed by atoms with Gasteiger partial charge in [-0.1, -0.05) is 60.7 Å². The van der Waals surface area contributed by atoms with Crippen LogP contribution in [0.5, 0.6) is 0 Å². The first-order valence-electron chi connectivity index (χ1n) is 9.15. The summed E-state index contributed by atoms with van der Waals surface area (Å²) in [6.07, 6.45) is -4.68. The predicted molar refractivity (Wildman–Crippen MR) is 113 cm³/mol. The van der Waals surface area contributed by atoms with Crippen molar-refractivity contribution in [2.45, 2.75) is 32.5 Å². The zero-order valence-corrected chi connectivity index (χ0v) is 17.3. The molecular weight excluding hydrogens is 397 g/mol. The molecule has 1 nitrogen and oxygen atoms in total. The lowest BCUT2D eigenvalue weighted by Crippen LogP contribution is -2.33. The molecule has 0 spiro atoms. The van der Waals surface area contributed by atoms with Gasteiger partial charge >= 0.3 is 6.18 Å². The lowest BCUT2D eigenvalue weighted by Gasteiger charge is -2.30. The number of anilines is 1. The molecule has 0 saturated carbocycles. The maximum absolute atomic E-state index is 14.4. The number of nitrogens with one attached hydrogen (secondary N) is 1. The molecule has 3 rings (SSSR count). The Bertz CT molecular complexity index is 924. The molecule has 6 heteroatoms. The third-order valence-corrected chi connectivity index (χ3v) is 6.62. The van der Waals surface area contributed by atoms with Crippen molar-refractivity contribution in [3.05, 3.63) is 84.2 Å². The van der Waals surface area contributed by atoms with Crippen molar-refractivity contribution in [3.8, 4) is 0 Å². The molecule has 3 aromatic carbocycles. The molecule has 0 aromatic heterocycles. The second-order valence-electron chi connectivity index (χ2n) is 7.73. The van der Waals surface area contributed by atoms with Crippen LogP contribution in [0.1, 0.15) is 26.3 Å².